The molecule has 2 aromatic rings. The quantitative estimate of drug-likeness (QED) is 0.895. The van der Waals surface area contributed by atoms with Crippen molar-refractivity contribution in [2.45, 2.75) is 19.6 Å². The zero-order valence-corrected chi connectivity index (χ0v) is 11.3. The van der Waals surface area contributed by atoms with E-state index < -0.39 is 6.10 Å². The Labute approximate surface area is 112 Å². The van der Waals surface area contributed by atoms with E-state index in [-0.39, 0.29) is 0 Å². The third-order valence-electron chi connectivity index (χ3n) is 3.03. The van der Waals surface area contributed by atoms with Gasteiger partial charge in [-0.05, 0) is 19.1 Å². The molecule has 0 aliphatic carbocycles. The summed E-state index contributed by atoms with van der Waals surface area (Å²) in [4.78, 5) is 0. The molecule has 0 saturated carbocycles. The Kier molecular flexibility index (Phi) is 4.06. The van der Waals surface area contributed by atoms with E-state index in [4.69, 9.17) is 9.47 Å². The van der Waals surface area contributed by atoms with Crippen LogP contribution in [0, 0.1) is 0 Å². The number of methoxy groups -OCH3 is 2. The van der Waals surface area contributed by atoms with E-state index in [9.17, 15) is 5.11 Å². The van der Waals surface area contributed by atoms with Crippen molar-refractivity contribution >= 4 is 0 Å². The average Bonchev–Trinajstić information content (AvgIpc) is 2.94. The van der Waals surface area contributed by atoms with Crippen molar-refractivity contribution in [3.8, 4) is 11.5 Å². The lowest BCUT2D eigenvalue weighted by atomic mass is 10.0. The van der Waals surface area contributed by atoms with E-state index in [2.05, 4.69) is 5.10 Å². The third-order valence-corrected chi connectivity index (χ3v) is 3.03. The molecular weight excluding hydrogens is 244 g/mol. The van der Waals surface area contributed by atoms with Crippen molar-refractivity contribution in [1.29, 1.82) is 0 Å². The number of aryl methyl sites for hydroxylation is 1. The van der Waals surface area contributed by atoms with Gasteiger partial charge in [0.15, 0.2) is 0 Å². The van der Waals surface area contributed by atoms with Crippen LogP contribution in [0.3, 0.4) is 0 Å². The minimum atomic E-state index is -0.827. The predicted octanol–water partition coefficient (Wildman–Crippen LogP) is 2.00. The van der Waals surface area contributed by atoms with Crippen LogP contribution in [0.15, 0.2) is 30.6 Å². The smallest absolute Gasteiger partial charge is 0.128 e. The fourth-order valence-corrected chi connectivity index (χ4v) is 2.01. The van der Waals surface area contributed by atoms with E-state index in [0.717, 1.165) is 6.54 Å². The molecule has 1 aromatic carbocycles. The van der Waals surface area contributed by atoms with Gasteiger partial charge in [-0.3, -0.25) is 4.68 Å². The molecule has 1 heterocycles. The first-order chi connectivity index (χ1) is 9.21. The molecule has 0 bridgehead atoms. The molecule has 0 spiro atoms. The third kappa shape index (κ3) is 2.56. The highest BCUT2D eigenvalue weighted by Crippen LogP contribution is 2.36. The first kappa shape index (κ1) is 13.4. The molecule has 1 atom stereocenters. The number of hydrogen-bond donors (Lipinski definition) is 1. The summed E-state index contributed by atoms with van der Waals surface area (Å²) in [6.45, 7) is 2.75. The van der Waals surface area contributed by atoms with E-state index in [1.54, 1.807) is 37.2 Å². The van der Waals surface area contributed by atoms with Crippen molar-refractivity contribution in [1.82, 2.24) is 9.78 Å². The molecule has 0 aliphatic rings. The lowest BCUT2D eigenvalue weighted by Crippen LogP contribution is -2.04. The van der Waals surface area contributed by atoms with Crippen molar-refractivity contribution in [3.05, 3.63) is 41.7 Å². The van der Waals surface area contributed by atoms with E-state index in [1.165, 1.54) is 0 Å². The maximum atomic E-state index is 10.5. The lowest BCUT2D eigenvalue weighted by Gasteiger charge is -2.17. The molecule has 1 unspecified atom stereocenters. The van der Waals surface area contributed by atoms with E-state index in [1.807, 2.05) is 19.2 Å². The van der Waals surface area contributed by atoms with Crippen LogP contribution in [-0.4, -0.2) is 29.1 Å². The number of benzene rings is 1. The minimum Gasteiger partial charge on any atom is -0.496 e. The number of rotatable bonds is 5. The maximum Gasteiger partial charge on any atom is 0.128 e. The zero-order valence-electron chi connectivity index (χ0n) is 11.3. The SMILES string of the molecule is CCn1cc(C(O)c2c(OC)cccc2OC)cn1. The van der Waals surface area contributed by atoms with Gasteiger partial charge in [-0.15, -0.1) is 0 Å². The van der Waals surface area contributed by atoms with Crippen LogP contribution < -0.4 is 9.47 Å². The summed E-state index contributed by atoms with van der Waals surface area (Å²) in [6, 6.07) is 5.42. The maximum absolute atomic E-state index is 10.5. The van der Waals surface area contributed by atoms with Gasteiger partial charge in [0, 0.05) is 18.3 Å². The highest BCUT2D eigenvalue weighted by molar-refractivity contribution is 5.49. The molecule has 0 saturated heterocycles. The molecular formula is C14H18N2O3. The Morgan fingerprint density at radius 3 is 2.37 bits per heavy atom. The van der Waals surface area contributed by atoms with Crippen LogP contribution in [0.1, 0.15) is 24.2 Å². The van der Waals surface area contributed by atoms with Crippen LogP contribution >= 0.6 is 0 Å². The predicted molar refractivity (Wildman–Crippen MR) is 71.5 cm³/mol. The largest absolute Gasteiger partial charge is 0.496 e. The number of aromatic nitrogens is 2. The van der Waals surface area contributed by atoms with E-state index >= 15 is 0 Å². The second kappa shape index (κ2) is 5.75. The molecule has 102 valence electrons. The monoisotopic (exact) mass is 262 g/mol. The number of aliphatic hydroxyl groups excluding tert-OH is 1. The molecule has 0 amide bonds. The average molecular weight is 262 g/mol. The summed E-state index contributed by atoms with van der Waals surface area (Å²) in [6.07, 6.45) is 2.64. The van der Waals surface area contributed by atoms with Crippen molar-refractivity contribution in [2.75, 3.05) is 14.2 Å². The molecule has 1 aromatic heterocycles. The first-order valence-corrected chi connectivity index (χ1v) is 6.12. The summed E-state index contributed by atoms with van der Waals surface area (Å²) in [5, 5.41) is 14.7. The van der Waals surface area contributed by atoms with Crippen molar-refractivity contribution < 1.29 is 14.6 Å². The van der Waals surface area contributed by atoms with Crippen LogP contribution in [-0.2, 0) is 6.54 Å². The van der Waals surface area contributed by atoms with Crippen molar-refractivity contribution in [2.24, 2.45) is 0 Å². The number of nitrogens with zero attached hydrogens (tertiary/aromatic N) is 2. The summed E-state index contributed by atoms with van der Waals surface area (Å²) in [7, 11) is 3.14. The summed E-state index contributed by atoms with van der Waals surface area (Å²) in [5.41, 5.74) is 1.33. The molecule has 5 nitrogen and oxygen atoms in total. The number of hydrogen-bond acceptors (Lipinski definition) is 4. The van der Waals surface area contributed by atoms with Gasteiger partial charge in [0.25, 0.3) is 0 Å². The van der Waals surface area contributed by atoms with Gasteiger partial charge in [0.1, 0.15) is 17.6 Å². The first-order valence-electron chi connectivity index (χ1n) is 6.12. The van der Waals surface area contributed by atoms with Gasteiger partial charge in [-0.2, -0.15) is 5.10 Å². The van der Waals surface area contributed by atoms with Gasteiger partial charge in [-0.1, -0.05) is 6.07 Å². The molecule has 2 rings (SSSR count). The second-order valence-corrected chi connectivity index (χ2v) is 4.11. The summed E-state index contributed by atoms with van der Waals surface area (Å²) >= 11 is 0. The molecule has 0 aliphatic heterocycles. The molecule has 0 fully saturated rings. The topological polar surface area (TPSA) is 56.5 Å². The Morgan fingerprint density at radius 2 is 1.89 bits per heavy atom. The second-order valence-electron chi connectivity index (χ2n) is 4.11. The fraction of sp³-hybridized carbons (Fsp3) is 0.357. The van der Waals surface area contributed by atoms with Crippen molar-refractivity contribution in [3.63, 3.8) is 0 Å². The standard InChI is InChI=1S/C14H18N2O3/c1-4-16-9-10(8-15-16)14(17)13-11(18-2)6-5-7-12(13)19-3/h5-9,14,17H,4H2,1-3H3. The lowest BCUT2D eigenvalue weighted by molar-refractivity contribution is 0.208. The Bertz CT molecular complexity index is 529. The van der Waals surface area contributed by atoms with Gasteiger partial charge in [0.05, 0.1) is 26.0 Å². The van der Waals surface area contributed by atoms with Crippen LogP contribution in [0.4, 0.5) is 0 Å². The molecule has 0 radical (unpaired) electrons. The Hall–Kier alpha value is -2.01. The van der Waals surface area contributed by atoms with Crippen LogP contribution in [0.5, 0.6) is 11.5 Å². The summed E-state index contributed by atoms with van der Waals surface area (Å²) in [5.74, 6) is 1.19. The highest BCUT2D eigenvalue weighted by atomic mass is 16.5. The van der Waals surface area contributed by atoms with E-state index in [0.29, 0.717) is 22.6 Å². The number of aliphatic hydroxyl groups is 1. The zero-order chi connectivity index (χ0) is 13.8. The highest BCUT2D eigenvalue weighted by Gasteiger charge is 2.21. The Balaban J connectivity index is 2.44. The summed E-state index contributed by atoms with van der Waals surface area (Å²) < 4.78 is 12.4. The van der Waals surface area contributed by atoms with Crippen LogP contribution in [0.25, 0.3) is 0 Å². The van der Waals surface area contributed by atoms with Crippen LogP contribution in [0.2, 0.25) is 0 Å². The molecule has 1 N–H and O–H groups in total. The minimum absolute atomic E-state index is 0.594. The fourth-order valence-electron chi connectivity index (χ4n) is 2.01. The normalized spacial score (nSPS) is 12.2. The van der Waals surface area contributed by atoms with Gasteiger partial charge >= 0.3 is 0 Å². The van der Waals surface area contributed by atoms with Gasteiger partial charge in [0.2, 0.25) is 0 Å². The van der Waals surface area contributed by atoms with Gasteiger partial charge < -0.3 is 14.6 Å². The number of ether oxygens (including phenoxy) is 2. The molecule has 19 heavy (non-hydrogen) atoms. The molecule has 5 heteroatoms. The van der Waals surface area contributed by atoms with Gasteiger partial charge in [-0.25, -0.2) is 0 Å². The Morgan fingerprint density at radius 1 is 1.26 bits per heavy atom.